The maximum absolute atomic E-state index is 12.9. The average Bonchev–Trinajstić information content (AvgIpc) is 2.76. The molecule has 1 heterocycles. The van der Waals surface area contributed by atoms with Crippen LogP contribution in [0.5, 0.6) is 0 Å². The van der Waals surface area contributed by atoms with Gasteiger partial charge in [0.15, 0.2) is 5.76 Å². The van der Waals surface area contributed by atoms with E-state index in [1.54, 1.807) is 24.3 Å². The highest BCUT2D eigenvalue weighted by Crippen LogP contribution is 2.30. The van der Waals surface area contributed by atoms with Crippen molar-refractivity contribution in [2.24, 2.45) is 0 Å². The van der Waals surface area contributed by atoms with Gasteiger partial charge in [-0.3, -0.25) is 9.59 Å². The molecule has 0 atom stereocenters. The molecule has 136 valence electrons. The Morgan fingerprint density at radius 3 is 1.86 bits per heavy atom. The first-order valence-corrected chi connectivity index (χ1v) is 8.88. The molecule has 4 rings (SSSR count). The molecule has 1 N–H and O–H groups in total. The smallest absolute Gasteiger partial charge is 0.255 e. The minimum atomic E-state index is -0.363. The van der Waals surface area contributed by atoms with Crippen LogP contribution in [0, 0.1) is 0 Å². The van der Waals surface area contributed by atoms with E-state index >= 15 is 0 Å². The molecule has 0 saturated heterocycles. The number of carbonyl (C=O) groups is 1. The highest BCUT2D eigenvalue weighted by Gasteiger charge is 2.18. The summed E-state index contributed by atoms with van der Waals surface area (Å²) in [4.78, 5) is 25.5. The van der Waals surface area contributed by atoms with E-state index in [1.807, 2.05) is 66.7 Å². The second-order valence-electron chi connectivity index (χ2n) is 6.23. The van der Waals surface area contributed by atoms with Crippen molar-refractivity contribution in [3.63, 3.8) is 0 Å². The van der Waals surface area contributed by atoms with Crippen LogP contribution in [-0.4, -0.2) is 5.91 Å². The molecule has 0 saturated carbocycles. The van der Waals surface area contributed by atoms with Gasteiger partial charge in [0.2, 0.25) is 5.43 Å². The summed E-state index contributed by atoms with van der Waals surface area (Å²) >= 11 is 0. The summed E-state index contributed by atoms with van der Waals surface area (Å²) in [6.45, 7) is 0. The first-order valence-electron chi connectivity index (χ1n) is 8.88. The minimum Gasteiger partial charge on any atom is -0.454 e. The Hall–Kier alpha value is -3.92. The zero-order chi connectivity index (χ0) is 19.3. The molecule has 0 unspecified atom stereocenters. The molecule has 4 heteroatoms. The second kappa shape index (κ2) is 7.76. The van der Waals surface area contributed by atoms with Gasteiger partial charge < -0.3 is 9.73 Å². The largest absolute Gasteiger partial charge is 0.454 e. The molecule has 4 nitrogen and oxygen atoms in total. The van der Waals surface area contributed by atoms with Crippen molar-refractivity contribution in [1.29, 1.82) is 0 Å². The molecule has 0 aliphatic carbocycles. The summed E-state index contributed by atoms with van der Waals surface area (Å²) in [5.41, 5.74) is 1.78. The van der Waals surface area contributed by atoms with Crippen LogP contribution < -0.4 is 10.7 Å². The zero-order valence-electron chi connectivity index (χ0n) is 15.0. The molecule has 3 aromatic carbocycles. The van der Waals surface area contributed by atoms with Gasteiger partial charge >= 0.3 is 0 Å². The van der Waals surface area contributed by atoms with Crippen molar-refractivity contribution in [2.75, 3.05) is 5.32 Å². The molecule has 0 spiro atoms. The van der Waals surface area contributed by atoms with Crippen molar-refractivity contribution >= 4 is 11.6 Å². The molecule has 0 fully saturated rings. The van der Waals surface area contributed by atoms with Gasteiger partial charge in [-0.15, -0.1) is 0 Å². The summed E-state index contributed by atoms with van der Waals surface area (Å²) < 4.78 is 6.08. The number of hydrogen-bond acceptors (Lipinski definition) is 3. The van der Waals surface area contributed by atoms with E-state index in [0.717, 1.165) is 5.56 Å². The third-order valence-electron chi connectivity index (χ3n) is 4.32. The van der Waals surface area contributed by atoms with Crippen LogP contribution in [0.15, 0.2) is 106 Å². The fraction of sp³-hybridized carbons (Fsp3) is 0. The lowest BCUT2D eigenvalue weighted by Crippen LogP contribution is -2.19. The third-order valence-corrected chi connectivity index (χ3v) is 4.32. The van der Waals surface area contributed by atoms with E-state index in [-0.39, 0.29) is 17.0 Å². The van der Waals surface area contributed by atoms with Crippen LogP contribution in [0.4, 0.5) is 5.69 Å². The lowest BCUT2D eigenvalue weighted by molar-refractivity contribution is 0.102. The fourth-order valence-corrected chi connectivity index (χ4v) is 2.92. The highest BCUT2D eigenvalue weighted by molar-refractivity contribution is 6.05. The van der Waals surface area contributed by atoms with Crippen LogP contribution >= 0.6 is 0 Å². The summed E-state index contributed by atoms with van der Waals surface area (Å²) in [6, 6.07) is 28.8. The molecular weight excluding hydrogens is 350 g/mol. The molecular formula is C24H17NO3. The second-order valence-corrected chi connectivity index (χ2v) is 6.23. The number of anilines is 1. The normalized spacial score (nSPS) is 10.4. The average molecular weight is 367 g/mol. The summed E-state index contributed by atoms with van der Waals surface area (Å²) in [5, 5.41) is 2.73. The SMILES string of the molecule is O=C(Nc1c(-c2ccccc2)oc(-c2ccccc2)cc1=O)c1ccccc1. The Bertz CT molecular complexity index is 1150. The molecule has 0 radical (unpaired) electrons. The van der Waals surface area contributed by atoms with Gasteiger partial charge in [0.25, 0.3) is 5.91 Å². The van der Waals surface area contributed by atoms with Crippen LogP contribution in [0.1, 0.15) is 10.4 Å². The van der Waals surface area contributed by atoms with Gasteiger partial charge in [0.05, 0.1) is 0 Å². The van der Waals surface area contributed by atoms with E-state index < -0.39 is 0 Å². The van der Waals surface area contributed by atoms with Gasteiger partial charge in [0.1, 0.15) is 11.4 Å². The Kier molecular flexibility index (Phi) is 4.85. The maximum Gasteiger partial charge on any atom is 0.255 e. The molecule has 1 aromatic heterocycles. The van der Waals surface area contributed by atoms with Crippen molar-refractivity contribution in [1.82, 2.24) is 0 Å². The van der Waals surface area contributed by atoms with E-state index in [4.69, 9.17) is 4.42 Å². The molecule has 4 aromatic rings. The monoisotopic (exact) mass is 367 g/mol. The van der Waals surface area contributed by atoms with Crippen LogP contribution in [-0.2, 0) is 0 Å². The fourth-order valence-electron chi connectivity index (χ4n) is 2.92. The predicted octanol–water partition coefficient (Wildman–Crippen LogP) is 5.23. The Morgan fingerprint density at radius 2 is 1.25 bits per heavy atom. The first-order chi connectivity index (χ1) is 13.7. The van der Waals surface area contributed by atoms with E-state index in [0.29, 0.717) is 22.6 Å². The van der Waals surface area contributed by atoms with Gasteiger partial charge in [-0.25, -0.2) is 0 Å². The Balaban J connectivity index is 1.83. The summed E-state index contributed by atoms with van der Waals surface area (Å²) in [7, 11) is 0. The van der Waals surface area contributed by atoms with E-state index in [9.17, 15) is 9.59 Å². The van der Waals surface area contributed by atoms with Crippen LogP contribution in [0.3, 0.4) is 0 Å². The van der Waals surface area contributed by atoms with E-state index in [2.05, 4.69) is 5.32 Å². The molecule has 0 aliphatic heterocycles. The van der Waals surface area contributed by atoms with Gasteiger partial charge in [-0.05, 0) is 12.1 Å². The molecule has 28 heavy (non-hydrogen) atoms. The number of nitrogens with one attached hydrogen (secondary N) is 1. The van der Waals surface area contributed by atoms with Crippen molar-refractivity contribution in [2.45, 2.75) is 0 Å². The Morgan fingerprint density at radius 1 is 0.714 bits per heavy atom. The van der Waals surface area contributed by atoms with Crippen molar-refractivity contribution in [3.8, 4) is 22.6 Å². The summed E-state index contributed by atoms with van der Waals surface area (Å²) in [5.74, 6) is 0.413. The van der Waals surface area contributed by atoms with Crippen molar-refractivity contribution < 1.29 is 9.21 Å². The predicted molar refractivity (Wildman–Crippen MR) is 110 cm³/mol. The van der Waals surface area contributed by atoms with Crippen LogP contribution in [0.25, 0.3) is 22.6 Å². The number of benzene rings is 3. The van der Waals surface area contributed by atoms with Gasteiger partial charge in [-0.2, -0.15) is 0 Å². The first kappa shape index (κ1) is 17.5. The standard InChI is InChI=1S/C24H17NO3/c26-20-16-21(17-10-4-1-5-11-17)28-23(18-12-6-2-7-13-18)22(20)25-24(27)19-14-8-3-9-15-19/h1-16H,(H,25,27). The minimum absolute atomic E-state index is 0.125. The van der Waals surface area contributed by atoms with Crippen molar-refractivity contribution in [3.05, 3.63) is 113 Å². The zero-order valence-corrected chi connectivity index (χ0v) is 15.0. The Labute approximate surface area is 162 Å². The topological polar surface area (TPSA) is 59.3 Å². The van der Waals surface area contributed by atoms with Gasteiger partial charge in [-0.1, -0.05) is 78.9 Å². The lowest BCUT2D eigenvalue weighted by Gasteiger charge is -2.12. The molecule has 1 amide bonds. The number of rotatable bonds is 4. The highest BCUT2D eigenvalue weighted by atomic mass is 16.3. The number of carbonyl (C=O) groups excluding carboxylic acids is 1. The van der Waals surface area contributed by atoms with E-state index in [1.165, 1.54) is 6.07 Å². The number of hydrogen-bond donors (Lipinski definition) is 1. The molecule has 0 bridgehead atoms. The lowest BCUT2D eigenvalue weighted by atomic mass is 10.1. The summed E-state index contributed by atoms with van der Waals surface area (Å²) in [6.07, 6.45) is 0. The molecule has 0 aliphatic rings. The number of amides is 1. The third kappa shape index (κ3) is 3.62. The quantitative estimate of drug-likeness (QED) is 0.537. The van der Waals surface area contributed by atoms with Crippen LogP contribution in [0.2, 0.25) is 0 Å². The van der Waals surface area contributed by atoms with Gasteiger partial charge in [0, 0.05) is 22.8 Å². The maximum atomic E-state index is 12.9.